The summed E-state index contributed by atoms with van der Waals surface area (Å²) in [5.41, 5.74) is 7.97. The first-order valence-electron chi connectivity index (χ1n) is 6.44. The van der Waals surface area contributed by atoms with Crippen LogP contribution in [0.5, 0.6) is 5.75 Å². The molecule has 100 valence electrons. The van der Waals surface area contributed by atoms with Gasteiger partial charge in [0, 0.05) is 4.47 Å². The molecule has 0 aliphatic rings. The molecule has 3 heteroatoms. The van der Waals surface area contributed by atoms with Gasteiger partial charge in [-0.3, -0.25) is 0 Å². The normalized spacial score (nSPS) is 10.4. The third kappa shape index (κ3) is 4.69. The Hall–Kier alpha value is -1.32. The number of rotatable bonds is 6. The molecule has 0 heterocycles. The minimum absolute atomic E-state index is 0.593. The van der Waals surface area contributed by atoms with Gasteiger partial charge in [0.2, 0.25) is 0 Å². The van der Waals surface area contributed by atoms with E-state index in [4.69, 9.17) is 10.5 Å². The summed E-state index contributed by atoms with van der Waals surface area (Å²) < 4.78 is 6.84. The topological polar surface area (TPSA) is 35.2 Å². The predicted octanol–water partition coefficient (Wildman–Crippen LogP) is 3.92. The Bertz CT molecular complexity index is 493. The lowest BCUT2D eigenvalue weighted by atomic mass is 10.1. The van der Waals surface area contributed by atoms with Crippen molar-refractivity contribution in [2.45, 2.75) is 19.4 Å². The molecule has 0 atom stereocenters. The first-order valence-corrected chi connectivity index (χ1v) is 7.23. The zero-order valence-corrected chi connectivity index (χ0v) is 12.4. The van der Waals surface area contributed by atoms with Gasteiger partial charge in [-0.15, -0.1) is 0 Å². The van der Waals surface area contributed by atoms with Gasteiger partial charge in [-0.05, 0) is 54.8 Å². The van der Waals surface area contributed by atoms with Crippen molar-refractivity contribution in [1.29, 1.82) is 0 Å². The third-order valence-corrected chi connectivity index (χ3v) is 3.44. The molecule has 0 radical (unpaired) electrons. The molecule has 0 fully saturated rings. The Balaban J connectivity index is 1.87. The molecule has 2 aromatic carbocycles. The van der Waals surface area contributed by atoms with E-state index in [0.717, 1.165) is 35.2 Å². The summed E-state index contributed by atoms with van der Waals surface area (Å²) in [5.74, 6) is 0.902. The molecule has 0 unspecified atom stereocenters. The van der Waals surface area contributed by atoms with Gasteiger partial charge in [0.25, 0.3) is 0 Å². The molecule has 2 nitrogen and oxygen atoms in total. The Kier molecular flexibility index (Phi) is 5.43. The smallest absolute Gasteiger partial charge is 0.119 e. The van der Waals surface area contributed by atoms with Crippen LogP contribution in [-0.2, 0) is 13.0 Å². The average molecular weight is 320 g/mol. The molecular formula is C16H18BrNO. The van der Waals surface area contributed by atoms with E-state index in [0.29, 0.717) is 6.61 Å². The van der Waals surface area contributed by atoms with Crippen LogP contribution in [0.15, 0.2) is 53.0 Å². The third-order valence-electron chi connectivity index (χ3n) is 2.91. The molecule has 2 rings (SSSR count). The van der Waals surface area contributed by atoms with E-state index in [1.54, 1.807) is 0 Å². The fourth-order valence-corrected chi connectivity index (χ4v) is 2.07. The van der Waals surface area contributed by atoms with Crippen molar-refractivity contribution in [3.63, 3.8) is 0 Å². The largest absolute Gasteiger partial charge is 0.489 e. The molecule has 0 saturated heterocycles. The fraction of sp³-hybridized carbons (Fsp3) is 0.250. The monoisotopic (exact) mass is 319 g/mol. The highest BCUT2D eigenvalue weighted by atomic mass is 79.9. The predicted molar refractivity (Wildman–Crippen MR) is 82.3 cm³/mol. The Labute approximate surface area is 122 Å². The van der Waals surface area contributed by atoms with E-state index in [2.05, 4.69) is 40.2 Å². The number of halogens is 1. The zero-order chi connectivity index (χ0) is 13.5. The van der Waals surface area contributed by atoms with Crippen molar-refractivity contribution in [2.24, 2.45) is 5.73 Å². The SMILES string of the molecule is NCCCc1ccc(OCc2ccc(Br)cc2)cc1. The highest BCUT2D eigenvalue weighted by Crippen LogP contribution is 2.16. The van der Waals surface area contributed by atoms with E-state index in [-0.39, 0.29) is 0 Å². The van der Waals surface area contributed by atoms with Crippen molar-refractivity contribution >= 4 is 15.9 Å². The molecule has 0 bridgehead atoms. The van der Waals surface area contributed by atoms with Crippen molar-refractivity contribution < 1.29 is 4.74 Å². The maximum Gasteiger partial charge on any atom is 0.119 e. The van der Waals surface area contributed by atoms with Gasteiger partial charge in [0.15, 0.2) is 0 Å². The first kappa shape index (κ1) is 14.1. The summed E-state index contributed by atoms with van der Waals surface area (Å²) in [6, 6.07) is 16.4. The molecule has 19 heavy (non-hydrogen) atoms. The second-order valence-electron chi connectivity index (χ2n) is 4.45. The van der Waals surface area contributed by atoms with Crippen molar-refractivity contribution in [1.82, 2.24) is 0 Å². The summed E-state index contributed by atoms with van der Waals surface area (Å²) in [6.45, 7) is 1.33. The van der Waals surface area contributed by atoms with Crippen LogP contribution in [0.2, 0.25) is 0 Å². The molecule has 0 spiro atoms. The van der Waals surface area contributed by atoms with E-state index in [9.17, 15) is 0 Å². The van der Waals surface area contributed by atoms with E-state index >= 15 is 0 Å². The molecule has 0 aliphatic heterocycles. The van der Waals surface area contributed by atoms with Gasteiger partial charge >= 0.3 is 0 Å². The van der Waals surface area contributed by atoms with Gasteiger partial charge in [0.05, 0.1) is 0 Å². The molecule has 0 saturated carbocycles. The van der Waals surface area contributed by atoms with Crippen LogP contribution in [0.25, 0.3) is 0 Å². The van der Waals surface area contributed by atoms with Crippen molar-refractivity contribution in [3.8, 4) is 5.75 Å². The second-order valence-corrected chi connectivity index (χ2v) is 5.37. The maximum absolute atomic E-state index is 5.75. The Morgan fingerprint density at radius 3 is 2.16 bits per heavy atom. The van der Waals surface area contributed by atoms with Gasteiger partial charge in [0.1, 0.15) is 12.4 Å². The van der Waals surface area contributed by atoms with Crippen LogP contribution in [0.4, 0.5) is 0 Å². The van der Waals surface area contributed by atoms with Gasteiger partial charge in [-0.25, -0.2) is 0 Å². The van der Waals surface area contributed by atoms with Crippen LogP contribution in [0, 0.1) is 0 Å². The molecule has 0 aromatic heterocycles. The lowest BCUT2D eigenvalue weighted by molar-refractivity contribution is 0.306. The summed E-state index contributed by atoms with van der Waals surface area (Å²) in [5, 5.41) is 0. The van der Waals surface area contributed by atoms with Gasteiger partial charge < -0.3 is 10.5 Å². The highest BCUT2D eigenvalue weighted by molar-refractivity contribution is 9.10. The Morgan fingerprint density at radius 1 is 0.895 bits per heavy atom. The number of aryl methyl sites for hydroxylation is 1. The van der Waals surface area contributed by atoms with Crippen LogP contribution in [0.3, 0.4) is 0 Å². The van der Waals surface area contributed by atoms with E-state index in [1.165, 1.54) is 5.56 Å². The van der Waals surface area contributed by atoms with E-state index in [1.807, 2.05) is 24.3 Å². The van der Waals surface area contributed by atoms with Crippen LogP contribution < -0.4 is 10.5 Å². The summed E-state index contributed by atoms with van der Waals surface area (Å²) in [7, 11) is 0. The Morgan fingerprint density at radius 2 is 1.53 bits per heavy atom. The second kappa shape index (κ2) is 7.31. The number of benzene rings is 2. The fourth-order valence-electron chi connectivity index (χ4n) is 1.81. The zero-order valence-electron chi connectivity index (χ0n) is 10.8. The molecule has 0 amide bonds. The molecule has 2 aromatic rings. The number of nitrogens with two attached hydrogens (primary N) is 1. The molecular weight excluding hydrogens is 302 g/mol. The highest BCUT2D eigenvalue weighted by Gasteiger charge is 1.97. The number of hydrogen-bond donors (Lipinski definition) is 1. The summed E-state index contributed by atoms with van der Waals surface area (Å²) in [4.78, 5) is 0. The molecule has 0 aliphatic carbocycles. The minimum Gasteiger partial charge on any atom is -0.489 e. The number of ether oxygens (including phenoxy) is 1. The minimum atomic E-state index is 0.593. The van der Waals surface area contributed by atoms with Crippen LogP contribution in [-0.4, -0.2) is 6.54 Å². The lowest BCUT2D eigenvalue weighted by Crippen LogP contribution is -2.00. The first-order chi connectivity index (χ1) is 9.28. The van der Waals surface area contributed by atoms with Crippen molar-refractivity contribution in [3.05, 3.63) is 64.1 Å². The summed E-state index contributed by atoms with van der Waals surface area (Å²) >= 11 is 3.42. The van der Waals surface area contributed by atoms with Gasteiger partial charge in [-0.2, -0.15) is 0 Å². The number of hydrogen-bond acceptors (Lipinski definition) is 2. The van der Waals surface area contributed by atoms with Crippen LogP contribution >= 0.6 is 15.9 Å². The van der Waals surface area contributed by atoms with Crippen molar-refractivity contribution in [2.75, 3.05) is 6.54 Å². The van der Waals surface area contributed by atoms with E-state index < -0.39 is 0 Å². The quantitative estimate of drug-likeness (QED) is 0.875. The summed E-state index contributed by atoms with van der Waals surface area (Å²) in [6.07, 6.45) is 2.06. The molecule has 2 N–H and O–H groups in total. The maximum atomic E-state index is 5.75. The van der Waals surface area contributed by atoms with Crippen LogP contribution in [0.1, 0.15) is 17.5 Å². The van der Waals surface area contributed by atoms with Gasteiger partial charge in [-0.1, -0.05) is 40.2 Å². The lowest BCUT2D eigenvalue weighted by Gasteiger charge is -2.07. The standard InChI is InChI=1S/C16H18BrNO/c17-15-7-3-14(4-8-15)12-19-16-9-5-13(6-10-16)2-1-11-18/h3-10H,1-2,11-12,18H2. The average Bonchev–Trinajstić information content (AvgIpc) is 2.46.